The molecular formula is C34H47N3O2. The SMILES string of the molecule is CCC(C)N(Cc1cccn1Cc1ccccc1C)C(=O)CN(C(=O)c1ccc(C(C)(C)C)cc1)C(C)CC. The lowest BCUT2D eigenvalue weighted by Gasteiger charge is -2.34. The fourth-order valence-electron chi connectivity index (χ4n) is 4.77. The average Bonchev–Trinajstić information content (AvgIpc) is 3.36. The third kappa shape index (κ3) is 7.62. The van der Waals surface area contributed by atoms with Gasteiger partial charge in [0.15, 0.2) is 0 Å². The summed E-state index contributed by atoms with van der Waals surface area (Å²) < 4.78 is 2.22. The Hall–Kier alpha value is -3.34. The Balaban J connectivity index is 1.82. The highest BCUT2D eigenvalue weighted by Gasteiger charge is 2.28. The molecule has 0 N–H and O–H groups in total. The predicted octanol–water partition coefficient (Wildman–Crippen LogP) is 7.21. The topological polar surface area (TPSA) is 45.6 Å². The second-order valence-corrected chi connectivity index (χ2v) is 11.9. The van der Waals surface area contributed by atoms with Crippen LogP contribution in [0.3, 0.4) is 0 Å². The van der Waals surface area contributed by atoms with Gasteiger partial charge in [-0.2, -0.15) is 0 Å². The van der Waals surface area contributed by atoms with Gasteiger partial charge in [0.2, 0.25) is 5.91 Å². The number of carbonyl (C=O) groups excluding carboxylic acids is 2. The number of rotatable bonds is 11. The Kier molecular flexibility index (Phi) is 10.2. The van der Waals surface area contributed by atoms with Crippen LogP contribution < -0.4 is 0 Å². The lowest BCUT2D eigenvalue weighted by molar-refractivity contribution is -0.135. The highest BCUT2D eigenvalue weighted by molar-refractivity contribution is 5.96. The van der Waals surface area contributed by atoms with Gasteiger partial charge in [0.05, 0.1) is 6.54 Å². The molecule has 0 fully saturated rings. The van der Waals surface area contributed by atoms with Crippen LogP contribution in [0, 0.1) is 6.92 Å². The normalized spacial score (nSPS) is 13.1. The quantitative estimate of drug-likeness (QED) is 0.263. The number of nitrogens with zero attached hydrogens (tertiary/aromatic N) is 3. The lowest BCUT2D eigenvalue weighted by atomic mass is 9.86. The molecule has 5 nitrogen and oxygen atoms in total. The maximum Gasteiger partial charge on any atom is 0.254 e. The number of hydrogen-bond donors (Lipinski definition) is 0. The van der Waals surface area contributed by atoms with Crippen molar-refractivity contribution in [2.24, 2.45) is 0 Å². The summed E-state index contributed by atoms with van der Waals surface area (Å²) in [6.07, 6.45) is 3.70. The molecule has 0 spiro atoms. The van der Waals surface area contributed by atoms with E-state index in [4.69, 9.17) is 0 Å². The van der Waals surface area contributed by atoms with Gasteiger partial charge in [-0.3, -0.25) is 9.59 Å². The van der Waals surface area contributed by atoms with Crippen molar-refractivity contribution in [1.82, 2.24) is 14.4 Å². The first-order chi connectivity index (χ1) is 18.5. The first kappa shape index (κ1) is 30.2. The van der Waals surface area contributed by atoms with Gasteiger partial charge in [-0.25, -0.2) is 0 Å². The van der Waals surface area contributed by atoms with Crippen LogP contribution in [0.2, 0.25) is 0 Å². The van der Waals surface area contributed by atoms with Crippen LogP contribution in [0.1, 0.15) is 94.1 Å². The van der Waals surface area contributed by atoms with E-state index in [9.17, 15) is 9.59 Å². The molecule has 0 aliphatic heterocycles. The lowest BCUT2D eigenvalue weighted by Crippen LogP contribution is -2.48. The molecule has 0 aliphatic rings. The highest BCUT2D eigenvalue weighted by Crippen LogP contribution is 2.23. The van der Waals surface area contributed by atoms with Crippen molar-refractivity contribution in [3.63, 3.8) is 0 Å². The van der Waals surface area contributed by atoms with Gasteiger partial charge in [-0.15, -0.1) is 0 Å². The minimum absolute atomic E-state index is 0.0155. The largest absolute Gasteiger partial charge is 0.345 e. The summed E-state index contributed by atoms with van der Waals surface area (Å²) in [4.78, 5) is 31.2. The first-order valence-electron chi connectivity index (χ1n) is 14.4. The minimum atomic E-state index is -0.0924. The van der Waals surface area contributed by atoms with E-state index in [0.717, 1.165) is 25.1 Å². The number of benzene rings is 2. The molecule has 0 radical (unpaired) electrons. The zero-order valence-corrected chi connectivity index (χ0v) is 25.2. The van der Waals surface area contributed by atoms with Crippen molar-refractivity contribution < 1.29 is 9.59 Å². The molecule has 2 aromatic carbocycles. The van der Waals surface area contributed by atoms with E-state index >= 15 is 0 Å². The van der Waals surface area contributed by atoms with Gasteiger partial charge in [0, 0.05) is 36.1 Å². The third-order valence-corrected chi connectivity index (χ3v) is 7.99. The van der Waals surface area contributed by atoms with Gasteiger partial charge in [0.1, 0.15) is 6.54 Å². The smallest absolute Gasteiger partial charge is 0.254 e. The number of aromatic nitrogens is 1. The van der Waals surface area contributed by atoms with Gasteiger partial charge < -0.3 is 14.4 Å². The van der Waals surface area contributed by atoms with Crippen molar-refractivity contribution >= 4 is 11.8 Å². The Morgan fingerprint density at radius 3 is 2.05 bits per heavy atom. The van der Waals surface area contributed by atoms with Crippen LogP contribution in [-0.4, -0.2) is 44.8 Å². The molecule has 39 heavy (non-hydrogen) atoms. The van der Waals surface area contributed by atoms with Crippen LogP contribution >= 0.6 is 0 Å². The average molecular weight is 530 g/mol. The Labute approximate surface area is 235 Å². The molecule has 2 atom stereocenters. The van der Waals surface area contributed by atoms with Gasteiger partial charge in [0.25, 0.3) is 5.91 Å². The first-order valence-corrected chi connectivity index (χ1v) is 14.4. The molecule has 3 rings (SSSR count). The van der Waals surface area contributed by atoms with Crippen molar-refractivity contribution in [1.29, 1.82) is 0 Å². The van der Waals surface area contributed by atoms with Gasteiger partial charge in [-0.1, -0.05) is 71.0 Å². The molecular weight excluding hydrogens is 482 g/mol. The second kappa shape index (κ2) is 13.1. The standard InChI is InChI=1S/C34H47N3O2/c1-9-26(4)36(23-31-16-13-21-35(31)22-29-15-12-11-14-25(29)3)32(38)24-37(27(5)10-2)33(39)28-17-19-30(20-18-28)34(6,7)8/h11-21,26-27H,9-10,22-24H2,1-8H3. The Morgan fingerprint density at radius 2 is 1.46 bits per heavy atom. The van der Waals surface area contributed by atoms with Crippen molar-refractivity contribution in [2.45, 2.75) is 98.8 Å². The zero-order chi connectivity index (χ0) is 28.7. The summed E-state index contributed by atoms with van der Waals surface area (Å²) in [5.41, 5.74) is 5.43. The fourth-order valence-corrected chi connectivity index (χ4v) is 4.77. The minimum Gasteiger partial charge on any atom is -0.345 e. The number of carbonyl (C=O) groups is 2. The van der Waals surface area contributed by atoms with E-state index in [0.29, 0.717) is 12.1 Å². The monoisotopic (exact) mass is 529 g/mol. The van der Waals surface area contributed by atoms with E-state index < -0.39 is 0 Å². The Morgan fingerprint density at radius 1 is 0.846 bits per heavy atom. The zero-order valence-electron chi connectivity index (χ0n) is 25.2. The van der Waals surface area contributed by atoms with E-state index in [-0.39, 0.29) is 35.9 Å². The van der Waals surface area contributed by atoms with E-state index in [1.54, 1.807) is 4.90 Å². The number of hydrogen-bond acceptors (Lipinski definition) is 2. The Bertz CT molecular complexity index is 1240. The van der Waals surface area contributed by atoms with Gasteiger partial charge in [-0.05, 0) is 80.0 Å². The molecule has 210 valence electrons. The van der Waals surface area contributed by atoms with Crippen LogP contribution in [0.5, 0.6) is 0 Å². The molecule has 1 heterocycles. The maximum absolute atomic E-state index is 13.9. The number of aryl methyl sites for hydroxylation is 1. The molecule has 2 amide bonds. The maximum atomic E-state index is 13.9. The van der Waals surface area contributed by atoms with Crippen LogP contribution in [0.25, 0.3) is 0 Å². The van der Waals surface area contributed by atoms with Crippen molar-refractivity contribution in [3.8, 4) is 0 Å². The number of amides is 2. The predicted molar refractivity (Wildman–Crippen MR) is 161 cm³/mol. The van der Waals surface area contributed by atoms with E-state index in [1.165, 1.54) is 16.7 Å². The molecule has 0 bridgehead atoms. The van der Waals surface area contributed by atoms with Crippen LogP contribution in [-0.2, 0) is 23.3 Å². The van der Waals surface area contributed by atoms with E-state index in [2.05, 4.69) is 89.6 Å². The van der Waals surface area contributed by atoms with Crippen molar-refractivity contribution in [3.05, 3.63) is 94.8 Å². The molecule has 3 aromatic rings. The summed E-state index contributed by atoms with van der Waals surface area (Å²) in [6.45, 7) is 18.2. The third-order valence-electron chi connectivity index (χ3n) is 7.99. The summed E-state index contributed by atoms with van der Waals surface area (Å²) in [7, 11) is 0. The van der Waals surface area contributed by atoms with Crippen LogP contribution in [0.4, 0.5) is 0 Å². The van der Waals surface area contributed by atoms with E-state index in [1.807, 2.05) is 42.2 Å². The summed E-state index contributed by atoms with van der Waals surface area (Å²) >= 11 is 0. The molecule has 1 aromatic heterocycles. The summed E-state index contributed by atoms with van der Waals surface area (Å²) in [5.74, 6) is -0.113. The second-order valence-electron chi connectivity index (χ2n) is 11.9. The molecule has 0 saturated carbocycles. The summed E-state index contributed by atoms with van der Waals surface area (Å²) in [5, 5.41) is 0. The molecule has 0 saturated heterocycles. The van der Waals surface area contributed by atoms with Gasteiger partial charge >= 0.3 is 0 Å². The fraction of sp³-hybridized carbons (Fsp3) is 0.471. The molecule has 0 aliphatic carbocycles. The molecule has 5 heteroatoms. The van der Waals surface area contributed by atoms with Crippen molar-refractivity contribution in [2.75, 3.05) is 6.54 Å². The summed E-state index contributed by atoms with van der Waals surface area (Å²) in [6, 6.07) is 20.4. The molecule has 2 unspecified atom stereocenters. The van der Waals surface area contributed by atoms with Crippen LogP contribution in [0.15, 0.2) is 66.9 Å². The highest BCUT2D eigenvalue weighted by atomic mass is 16.2.